The van der Waals surface area contributed by atoms with Crippen molar-refractivity contribution in [3.8, 4) is 0 Å². The number of likely N-dealkylation sites (tertiary alicyclic amines) is 1. The van der Waals surface area contributed by atoms with Crippen molar-refractivity contribution in [2.45, 2.75) is 38.9 Å². The number of carbonyl (C=O) groups excluding carboxylic acids is 1. The highest BCUT2D eigenvalue weighted by Gasteiger charge is 2.31. The van der Waals surface area contributed by atoms with Gasteiger partial charge in [0.05, 0.1) is 41.2 Å². The van der Waals surface area contributed by atoms with Crippen LogP contribution in [0, 0.1) is 12.8 Å². The molecular formula is C24H30N5O2P. The molecule has 2 aromatic rings. The van der Waals surface area contributed by atoms with Crippen molar-refractivity contribution in [2.24, 2.45) is 5.92 Å². The quantitative estimate of drug-likeness (QED) is 0.708. The molecule has 1 saturated heterocycles. The van der Waals surface area contributed by atoms with E-state index in [1.807, 2.05) is 22.5 Å². The maximum absolute atomic E-state index is 13.1. The number of nitrogens with zero attached hydrogens (tertiary/aromatic N) is 5. The SMILES string of the molecule is CCc1nc(C)cn2nc(C3=CC(=O)N4C=C(C5CCN(CCO)CC5)C=CC4P3)cc12. The van der Waals surface area contributed by atoms with Crippen LogP contribution in [-0.2, 0) is 11.2 Å². The molecule has 3 aliphatic heterocycles. The molecule has 2 unspecified atom stereocenters. The van der Waals surface area contributed by atoms with Gasteiger partial charge in [-0.1, -0.05) is 27.7 Å². The average Bonchev–Trinajstić information content (AvgIpc) is 3.23. The molecule has 0 spiro atoms. The van der Waals surface area contributed by atoms with Gasteiger partial charge in [-0.05, 0) is 56.8 Å². The lowest BCUT2D eigenvalue weighted by Gasteiger charge is -2.37. The summed E-state index contributed by atoms with van der Waals surface area (Å²) in [4.78, 5) is 21.9. The molecule has 3 aliphatic rings. The Morgan fingerprint density at radius 2 is 2.09 bits per heavy atom. The number of hydrogen-bond acceptors (Lipinski definition) is 5. The highest BCUT2D eigenvalue weighted by molar-refractivity contribution is 7.51. The van der Waals surface area contributed by atoms with E-state index in [1.165, 1.54) is 5.57 Å². The number of rotatable bonds is 5. The van der Waals surface area contributed by atoms with Gasteiger partial charge in [0.25, 0.3) is 5.91 Å². The van der Waals surface area contributed by atoms with Gasteiger partial charge in [0.2, 0.25) is 0 Å². The first-order chi connectivity index (χ1) is 15.6. The summed E-state index contributed by atoms with van der Waals surface area (Å²) in [6.07, 6.45) is 13.2. The number of aliphatic hydroxyl groups is 1. The van der Waals surface area contributed by atoms with Gasteiger partial charge in [-0.3, -0.25) is 9.78 Å². The Morgan fingerprint density at radius 3 is 2.84 bits per heavy atom. The summed E-state index contributed by atoms with van der Waals surface area (Å²) in [6.45, 7) is 7.06. The maximum Gasteiger partial charge on any atom is 0.252 e. The third kappa shape index (κ3) is 4.05. The molecule has 2 atom stereocenters. The Morgan fingerprint density at radius 1 is 1.28 bits per heavy atom. The van der Waals surface area contributed by atoms with E-state index in [-0.39, 0.29) is 18.3 Å². The van der Waals surface area contributed by atoms with E-state index < -0.39 is 0 Å². The fraction of sp³-hybridized carbons (Fsp3) is 0.458. The van der Waals surface area contributed by atoms with E-state index in [0.717, 1.165) is 66.8 Å². The van der Waals surface area contributed by atoms with Crippen LogP contribution in [0.5, 0.6) is 0 Å². The molecule has 1 N–H and O–H groups in total. The second-order valence-corrected chi connectivity index (χ2v) is 10.2. The van der Waals surface area contributed by atoms with E-state index in [4.69, 9.17) is 10.2 Å². The van der Waals surface area contributed by atoms with E-state index in [2.05, 4.69) is 41.2 Å². The normalized spacial score (nSPS) is 23.0. The number of hydrogen-bond donors (Lipinski definition) is 1. The minimum atomic E-state index is 0.0328. The topological polar surface area (TPSA) is 74.0 Å². The number of carbonyl (C=O) groups is 1. The number of aliphatic hydroxyl groups excluding tert-OH is 1. The smallest absolute Gasteiger partial charge is 0.252 e. The van der Waals surface area contributed by atoms with Crippen LogP contribution in [0.25, 0.3) is 10.8 Å². The zero-order valence-corrected chi connectivity index (χ0v) is 19.7. The summed E-state index contributed by atoms with van der Waals surface area (Å²) in [7, 11) is 0.462. The molecule has 168 valence electrons. The van der Waals surface area contributed by atoms with Crippen molar-refractivity contribution in [1.29, 1.82) is 0 Å². The lowest BCUT2D eigenvalue weighted by atomic mass is 9.88. The Balaban J connectivity index is 1.36. The van der Waals surface area contributed by atoms with Crippen LogP contribution >= 0.6 is 8.58 Å². The largest absolute Gasteiger partial charge is 0.395 e. The number of aromatic nitrogens is 3. The second kappa shape index (κ2) is 8.89. The zero-order valence-electron chi connectivity index (χ0n) is 18.7. The van der Waals surface area contributed by atoms with Crippen molar-refractivity contribution < 1.29 is 9.90 Å². The summed E-state index contributed by atoms with van der Waals surface area (Å²) in [5.74, 6) is 0.576. The zero-order chi connectivity index (χ0) is 22.2. The fourth-order valence-electron chi connectivity index (χ4n) is 4.89. The Hall–Kier alpha value is -2.34. The van der Waals surface area contributed by atoms with Crippen molar-refractivity contribution in [2.75, 3.05) is 26.2 Å². The summed E-state index contributed by atoms with van der Waals surface area (Å²) in [5.41, 5.74) is 5.12. The first-order valence-corrected chi connectivity index (χ1v) is 12.5. The maximum atomic E-state index is 13.1. The van der Waals surface area contributed by atoms with Gasteiger partial charge in [-0.25, -0.2) is 4.52 Å². The summed E-state index contributed by atoms with van der Waals surface area (Å²) in [5, 5.41) is 14.9. The molecule has 2 aromatic heterocycles. The van der Waals surface area contributed by atoms with Gasteiger partial charge in [0.1, 0.15) is 0 Å². The van der Waals surface area contributed by atoms with Crippen LogP contribution in [0.3, 0.4) is 0 Å². The van der Waals surface area contributed by atoms with Crippen molar-refractivity contribution in [3.63, 3.8) is 0 Å². The lowest BCUT2D eigenvalue weighted by molar-refractivity contribution is -0.123. The average molecular weight is 452 g/mol. The molecule has 7 nitrogen and oxygen atoms in total. The van der Waals surface area contributed by atoms with E-state index in [1.54, 1.807) is 6.08 Å². The molecule has 0 bridgehead atoms. The van der Waals surface area contributed by atoms with Crippen LogP contribution in [0.2, 0.25) is 0 Å². The minimum Gasteiger partial charge on any atom is -0.395 e. The number of β-amino-alcohol motifs (C(OH)–C–C–N with tert-alkyl or cyclic N) is 1. The molecule has 0 saturated carbocycles. The van der Waals surface area contributed by atoms with Crippen LogP contribution < -0.4 is 0 Å². The monoisotopic (exact) mass is 451 g/mol. The second-order valence-electron chi connectivity index (χ2n) is 8.76. The molecule has 5 rings (SSSR count). The third-order valence-corrected chi connectivity index (χ3v) is 8.10. The Bertz CT molecular complexity index is 1130. The van der Waals surface area contributed by atoms with E-state index in [0.29, 0.717) is 14.5 Å². The van der Waals surface area contributed by atoms with E-state index >= 15 is 0 Å². The van der Waals surface area contributed by atoms with Crippen molar-refractivity contribution in [3.05, 3.63) is 59.3 Å². The van der Waals surface area contributed by atoms with Gasteiger partial charge in [0.15, 0.2) is 0 Å². The Kier molecular flexibility index (Phi) is 5.97. The Labute approximate surface area is 190 Å². The highest BCUT2D eigenvalue weighted by Crippen LogP contribution is 2.45. The fourth-order valence-corrected chi connectivity index (χ4v) is 6.22. The molecule has 5 heterocycles. The molecular weight excluding hydrogens is 421 g/mol. The minimum absolute atomic E-state index is 0.0328. The van der Waals surface area contributed by atoms with Crippen LogP contribution in [-0.4, -0.2) is 67.4 Å². The number of allylic oxidation sites excluding steroid dienone is 2. The molecule has 1 fully saturated rings. The number of aryl methyl sites for hydroxylation is 2. The first kappa shape index (κ1) is 21.5. The number of amides is 1. The van der Waals surface area contributed by atoms with Gasteiger partial charge >= 0.3 is 0 Å². The van der Waals surface area contributed by atoms with Crippen molar-refractivity contribution >= 4 is 25.3 Å². The molecule has 0 radical (unpaired) electrons. The standard InChI is InChI=1S/C24H30N5O2P/c1-3-19-21-12-20(26-29(21)14-16(2)25-19)22-13-23(31)28-15-18(4-5-24(28)32-22)17-6-8-27(9-7-17)10-11-30/h4-5,12-15,17,24,30,32H,3,6-11H2,1-2H3. The third-order valence-electron chi connectivity index (χ3n) is 6.62. The van der Waals surface area contributed by atoms with Gasteiger partial charge in [0, 0.05) is 24.1 Å². The number of fused-ring (bicyclic) bond motifs is 2. The van der Waals surface area contributed by atoms with E-state index in [9.17, 15) is 4.79 Å². The predicted octanol–water partition coefficient (Wildman–Crippen LogP) is 2.95. The first-order valence-electron chi connectivity index (χ1n) is 11.5. The van der Waals surface area contributed by atoms with Crippen molar-refractivity contribution in [1.82, 2.24) is 24.4 Å². The molecule has 32 heavy (non-hydrogen) atoms. The molecule has 1 amide bonds. The van der Waals surface area contributed by atoms with Gasteiger partial charge in [-0.2, -0.15) is 5.10 Å². The van der Waals surface area contributed by atoms with Crippen LogP contribution in [0.15, 0.2) is 42.3 Å². The van der Waals surface area contributed by atoms with Gasteiger partial charge in [-0.15, -0.1) is 0 Å². The van der Waals surface area contributed by atoms with Crippen LogP contribution in [0.1, 0.15) is 36.8 Å². The predicted molar refractivity (Wildman–Crippen MR) is 128 cm³/mol. The van der Waals surface area contributed by atoms with Gasteiger partial charge < -0.3 is 14.9 Å². The lowest BCUT2D eigenvalue weighted by Crippen LogP contribution is -2.38. The summed E-state index contributed by atoms with van der Waals surface area (Å²) < 4.78 is 1.90. The number of piperidine rings is 1. The summed E-state index contributed by atoms with van der Waals surface area (Å²) in [6, 6.07) is 2.07. The van der Waals surface area contributed by atoms with Crippen LogP contribution in [0.4, 0.5) is 0 Å². The summed E-state index contributed by atoms with van der Waals surface area (Å²) >= 11 is 0. The molecule has 0 aromatic carbocycles. The molecule has 8 heteroatoms. The highest BCUT2D eigenvalue weighted by atomic mass is 31.1. The molecule has 0 aliphatic carbocycles.